The molecule has 0 unspecified atom stereocenters. The van der Waals surface area contributed by atoms with Crippen LogP contribution in [0.3, 0.4) is 0 Å². The summed E-state index contributed by atoms with van der Waals surface area (Å²) in [6.45, 7) is 5.44. The lowest BCUT2D eigenvalue weighted by Crippen LogP contribution is -2.03. The smallest absolute Gasteiger partial charge is 0.204 e. The van der Waals surface area contributed by atoms with Crippen molar-refractivity contribution in [1.29, 1.82) is 0 Å². The number of fused-ring (bicyclic) bond motifs is 1. The summed E-state index contributed by atoms with van der Waals surface area (Å²) in [5.74, 6) is 2.90. The van der Waals surface area contributed by atoms with E-state index in [1.165, 1.54) is 0 Å². The standard InChI is InChI=1S/C22H24O3/c1-3-14-23-21-19-13-9-8-10-17(19)16-20(22(21)24-15-4-2)25-18-11-6-5-7-12-18/h5-13,16H,3-4,14-15H2,1-2H3. The van der Waals surface area contributed by atoms with Crippen LogP contribution in [0.5, 0.6) is 23.0 Å². The van der Waals surface area contributed by atoms with Crippen LogP contribution >= 0.6 is 0 Å². The summed E-state index contributed by atoms with van der Waals surface area (Å²) in [7, 11) is 0. The van der Waals surface area contributed by atoms with Crippen molar-refractivity contribution < 1.29 is 14.2 Å². The van der Waals surface area contributed by atoms with Crippen molar-refractivity contribution >= 4 is 10.8 Å². The zero-order valence-corrected chi connectivity index (χ0v) is 14.8. The Bertz CT molecular complexity index is 812. The van der Waals surface area contributed by atoms with Gasteiger partial charge in [0.05, 0.1) is 13.2 Å². The topological polar surface area (TPSA) is 27.7 Å². The molecule has 3 nitrogen and oxygen atoms in total. The van der Waals surface area contributed by atoms with Crippen molar-refractivity contribution in [3.05, 3.63) is 60.7 Å². The molecule has 130 valence electrons. The van der Waals surface area contributed by atoms with E-state index in [2.05, 4.69) is 26.0 Å². The first-order valence-electron chi connectivity index (χ1n) is 8.87. The number of hydrogen-bond donors (Lipinski definition) is 0. The maximum absolute atomic E-state index is 6.13. The molecule has 3 aromatic rings. The molecule has 0 aliphatic carbocycles. The Labute approximate surface area is 149 Å². The summed E-state index contributed by atoms with van der Waals surface area (Å²) in [6, 6.07) is 19.9. The predicted molar refractivity (Wildman–Crippen MR) is 102 cm³/mol. The van der Waals surface area contributed by atoms with Crippen LogP contribution in [0.25, 0.3) is 10.8 Å². The molecule has 0 saturated carbocycles. The first-order chi connectivity index (χ1) is 12.3. The van der Waals surface area contributed by atoms with Crippen LogP contribution < -0.4 is 14.2 Å². The Kier molecular flexibility index (Phi) is 5.78. The molecule has 0 aliphatic rings. The van der Waals surface area contributed by atoms with E-state index in [0.29, 0.717) is 24.7 Å². The van der Waals surface area contributed by atoms with Crippen LogP contribution in [0, 0.1) is 0 Å². The number of rotatable bonds is 8. The third-order valence-electron chi connectivity index (χ3n) is 3.79. The zero-order valence-electron chi connectivity index (χ0n) is 14.8. The maximum atomic E-state index is 6.13. The van der Waals surface area contributed by atoms with Gasteiger partial charge in [0.15, 0.2) is 11.5 Å². The molecule has 0 saturated heterocycles. The summed E-state index contributed by atoms with van der Waals surface area (Å²) < 4.78 is 18.2. The van der Waals surface area contributed by atoms with Crippen LogP contribution in [0.1, 0.15) is 26.7 Å². The molecule has 3 aromatic carbocycles. The summed E-state index contributed by atoms with van der Waals surface area (Å²) >= 11 is 0. The minimum Gasteiger partial charge on any atom is -0.489 e. The SMILES string of the molecule is CCCOc1c(Oc2ccccc2)cc2ccccc2c1OCCC. The van der Waals surface area contributed by atoms with Gasteiger partial charge in [0.1, 0.15) is 5.75 Å². The molecule has 0 fully saturated rings. The molecule has 0 aliphatic heterocycles. The Balaban J connectivity index is 2.11. The highest BCUT2D eigenvalue weighted by Gasteiger charge is 2.18. The second-order valence-electron chi connectivity index (χ2n) is 5.87. The maximum Gasteiger partial charge on any atom is 0.204 e. The third-order valence-corrected chi connectivity index (χ3v) is 3.79. The van der Waals surface area contributed by atoms with Crippen LogP contribution in [0.2, 0.25) is 0 Å². The molecular weight excluding hydrogens is 312 g/mol. The van der Waals surface area contributed by atoms with Crippen LogP contribution in [-0.4, -0.2) is 13.2 Å². The molecule has 0 heterocycles. The van der Waals surface area contributed by atoms with Gasteiger partial charge in [0.25, 0.3) is 0 Å². The van der Waals surface area contributed by atoms with Gasteiger partial charge in [-0.25, -0.2) is 0 Å². The van der Waals surface area contributed by atoms with Gasteiger partial charge >= 0.3 is 0 Å². The minimum atomic E-state index is 0.617. The lowest BCUT2D eigenvalue weighted by Gasteiger charge is -2.19. The van der Waals surface area contributed by atoms with E-state index in [-0.39, 0.29) is 0 Å². The van der Waals surface area contributed by atoms with E-state index in [1.807, 2.05) is 48.5 Å². The lowest BCUT2D eigenvalue weighted by atomic mass is 10.1. The molecule has 0 amide bonds. The molecule has 0 aromatic heterocycles. The van der Waals surface area contributed by atoms with E-state index in [4.69, 9.17) is 14.2 Å². The van der Waals surface area contributed by atoms with E-state index in [0.717, 1.165) is 35.1 Å². The third kappa shape index (κ3) is 4.05. The van der Waals surface area contributed by atoms with Crippen LogP contribution in [0.4, 0.5) is 0 Å². The second-order valence-corrected chi connectivity index (χ2v) is 5.87. The summed E-state index contributed by atoms with van der Waals surface area (Å²) in [5, 5.41) is 2.12. The van der Waals surface area contributed by atoms with E-state index in [1.54, 1.807) is 0 Å². The lowest BCUT2D eigenvalue weighted by molar-refractivity contribution is 0.262. The van der Waals surface area contributed by atoms with E-state index < -0.39 is 0 Å². The monoisotopic (exact) mass is 336 g/mol. The van der Waals surface area contributed by atoms with Gasteiger partial charge in [-0.15, -0.1) is 0 Å². The normalized spacial score (nSPS) is 10.6. The Morgan fingerprint density at radius 1 is 0.720 bits per heavy atom. The van der Waals surface area contributed by atoms with Crippen molar-refractivity contribution in [2.45, 2.75) is 26.7 Å². The number of benzene rings is 3. The Morgan fingerprint density at radius 3 is 2.08 bits per heavy atom. The van der Waals surface area contributed by atoms with Crippen molar-refractivity contribution in [2.24, 2.45) is 0 Å². The van der Waals surface area contributed by atoms with Crippen molar-refractivity contribution in [1.82, 2.24) is 0 Å². The van der Waals surface area contributed by atoms with Gasteiger partial charge in [-0.3, -0.25) is 0 Å². The summed E-state index contributed by atoms with van der Waals surface area (Å²) in [5.41, 5.74) is 0. The first kappa shape index (κ1) is 17.2. The highest BCUT2D eigenvalue weighted by Crippen LogP contribution is 2.45. The highest BCUT2D eigenvalue weighted by molar-refractivity contribution is 5.93. The van der Waals surface area contributed by atoms with Gasteiger partial charge in [-0.2, -0.15) is 0 Å². The van der Waals surface area contributed by atoms with Crippen molar-refractivity contribution in [2.75, 3.05) is 13.2 Å². The highest BCUT2D eigenvalue weighted by atomic mass is 16.5. The Hall–Kier alpha value is -2.68. The van der Waals surface area contributed by atoms with Gasteiger partial charge in [-0.1, -0.05) is 56.3 Å². The van der Waals surface area contributed by atoms with E-state index >= 15 is 0 Å². The van der Waals surface area contributed by atoms with Gasteiger partial charge in [-0.05, 0) is 36.4 Å². The number of hydrogen-bond acceptors (Lipinski definition) is 3. The molecular formula is C22H24O3. The second kappa shape index (κ2) is 8.43. The molecule has 0 atom stereocenters. The van der Waals surface area contributed by atoms with Crippen molar-refractivity contribution in [3.8, 4) is 23.0 Å². The quantitative estimate of drug-likeness (QED) is 0.489. The van der Waals surface area contributed by atoms with Crippen LogP contribution in [-0.2, 0) is 0 Å². The average molecular weight is 336 g/mol. The molecule has 3 heteroatoms. The average Bonchev–Trinajstić information content (AvgIpc) is 2.65. The van der Waals surface area contributed by atoms with E-state index in [9.17, 15) is 0 Å². The summed E-state index contributed by atoms with van der Waals surface area (Å²) in [4.78, 5) is 0. The van der Waals surface area contributed by atoms with Gasteiger partial charge in [0, 0.05) is 5.39 Å². The predicted octanol–water partition coefficient (Wildman–Crippen LogP) is 6.21. The van der Waals surface area contributed by atoms with Crippen LogP contribution in [0.15, 0.2) is 60.7 Å². The zero-order chi connectivity index (χ0) is 17.5. The number of para-hydroxylation sites is 1. The fourth-order valence-electron chi connectivity index (χ4n) is 2.65. The summed E-state index contributed by atoms with van der Waals surface area (Å²) in [6.07, 6.45) is 1.86. The molecule has 0 spiro atoms. The fraction of sp³-hybridized carbons (Fsp3) is 0.273. The largest absolute Gasteiger partial charge is 0.489 e. The molecule has 3 rings (SSSR count). The van der Waals surface area contributed by atoms with Gasteiger partial charge < -0.3 is 14.2 Å². The van der Waals surface area contributed by atoms with Gasteiger partial charge in [0.2, 0.25) is 5.75 Å². The molecule has 0 bridgehead atoms. The Morgan fingerprint density at radius 2 is 1.36 bits per heavy atom. The minimum absolute atomic E-state index is 0.617. The number of ether oxygens (including phenoxy) is 3. The molecule has 0 radical (unpaired) electrons. The fourth-order valence-corrected chi connectivity index (χ4v) is 2.65. The molecule has 0 N–H and O–H groups in total. The molecule has 25 heavy (non-hydrogen) atoms. The van der Waals surface area contributed by atoms with Crippen molar-refractivity contribution in [3.63, 3.8) is 0 Å². The first-order valence-corrected chi connectivity index (χ1v) is 8.87.